The average Bonchev–Trinajstić information content (AvgIpc) is 3.33. The molecule has 0 atom stereocenters. The third kappa shape index (κ3) is 8.00. The minimum absolute atomic E-state index is 0.153. The fourth-order valence-corrected chi connectivity index (χ4v) is 5.73. The molecule has 0 N–H and O–H groups in total. The van der Waals surface area contributed by atoms with Crippen molar-refractivity contribution in [3.05, 3.63) is 94.5 Å². The maximum Gasteiger partial charge on any atom is 0.416 e. The highest BCUT2D eigenvalue weighted by atomic mass is 32.2. The normalized spacial score (nSPS) is 11.3. The number of carbonyl (C=O) groups excluding carboxylic acids is 1. The maximum absolute atomic E-state index is 13.0. The first-order chi connectivity index (χ1) is 18.7. The summed E-state index contributed by atoms with van der Waals surface area (Å²) in [7, 11) is 0. The summed E-state index contributed by atoms with van der Waals surface area (Å²) in [5, 5.41) is 0.630. The second kappa shape index (κ2) is 13.0. The van der Waals surface area contributed by atoms with Crippen molar-refractivity contribution in [3.63, 3.8) is 0 Å². The number of halogens is 3. The van der Waals surface area contributed by atoms with Crippen LogP contribution in [0.15, 0.2) is 77.7 Å². The van der Waals surface area contributed by atoms with Gasteiger partial charge in [-0.15, -0.1) is 23.1 Å². The highest BCUT2D eigenvalue weighted by Gasteiger charge is 2.30. The first-order valence-corrected chi connectivity index (χ1v) is 13.9. The molecule has 0 aliphatic heterocycles. The van der Waals surface area contributed by atoms with Crippen LogP contribution in [0.25, 0.3) is 10.6 Å². The number of thioether (sulfide) groups is 1. The van der Waals surface area contributed by atoms with Crippen molar-refractivity contribution in [1.82, 2.24) is 4.98 Å². The second-order valence-electron chi connectivity index (χ2n) is 8.38. The molecule has 1 aromatic heterocycles. The predicted octanol–water partition coefficient (Wildman–Crippen LogP) is 7.95. The fraction of sp³-hybridized carbons (Fsp3) is 0.241. The van der Waals surface area contributed by atoms with Crippen LogP contribution >= 0.6 is 23.1 Å². The molecule has 204 valence electrons. The predicted molar refractivity (Wildman–Crippen MR) is 146 cm³/mol. The number of nitrogens with zero attached hydrogens (tertiary/aromatic N) is 1. The number of alkyl halides is 3. The average molecular weight is 574 g/mol. The van der Waals surface area contributed by atoms with Crippen molar-refractivity contribution in [2.75, 3.05) is 13.2 Å². The summed E-state index contributed by atoms with van der Waals surface area (Å²) in [6.07, 6.45) is -4.39. The van der Waals surface area contributed by atoms with Crippen LogP contribution in [-0.2, 0) is 28.1 Å². The summed E-state index contributed by atoms with van der Waals surface area (Å²) >= 11 is 3.03. The molecule has 0 aliphatic rings. The van der Waals surface area contributed by atoms with Gasteiger partial charge in [-0.1, -0.05) is 30.3 Å². The van der Waals surface area contributed by atoms with Gasteiger partial charge in [-0.05, 0) is 61.9 Å². The van der Waals surface area contributed by atoms with Crippen LogP contribution in [0.1, 0.15) is 28.6 Å². The number of hydrogen-bond acceptors (Lipinski definition) is 7. The third-order valence-corrected chi connectivity index (χ3v) is 7.87. The minimum Gasteiger partial charge on any atom is -0.487 e. The molecule has 4 rings (SSSR count). The van der Waals surface area contributed by atoms with E-state index in [1.165, 1.54) is 23.5 Å². The SMILES string of the molecule is CCOC(=O)COc1ccc(SCc2sc(-c3ccc(C(F)(F)F)cc3)nc2COc2ccccc2)cc1C. The highest BCUT2D eigenvalue weighted by Crippen LogP contribution is 2.36. The van der Waals surface area contributed by atoms with Crippen molar-refractivity contribution >= 4 is 29.1 Å². The molecule has 10 heteroatoms. The summed E-state index contributed by atoms with van der Waals surface area (Å²) in [6, 6.07) is 20.1. The largest absolute Gasteiger partial charge is 0.487 e. The second-order valence-corrected chi connectivity index (χ2v) is 10.5. The van der Waals surface area contributed by atoms with Gasteiger partial charge in [-0.2, -0.15) is 13.2 Å². The molecule has 0 saturated carbocycles. The molecule has 0 bridgehead atoms. The quantitative estimate of drug-likeness (QED) is 0.134. The monoisotopic (exact) mass is 573 g/mol. The van der Waals surface area contributed by atoms with Crippen LogP contribution < -0.4 is 9.47 Å². The lowest BCUT2D eigenvalue weighted by Gasteiger charge is -2.10. The Hall–Kier alpha value is -3.50. The molecule has 0 radical (unpaired) electrons. The minimum atomic E-state index is -4.39. The summed E-state index contributed by atoms with van der Waals surface area (Å²) in [4.78, 5) is 18.3. The van der Waals surface area contributed by atoms with E-state index in [2.05, 4.69) is 0 Å². The van der Waals surface area contributed by atoms with Gasteiger partial charge in [0, 0.05) is 21.1 Å². The molecule has 1 heterocycles. The topological polar surface area (TPSA) is 57.7 Å². The first-order valence-electron chi connectivity index (χ1n) is 12.1. The van der Waals surface area contributed by atoms with Gasteiger partial charge in [0.15, 0.2) is 6.61 Å². The molecule has 0 saturated heterocycles. The summed E-state index contributed by atoms with van der Waals surface area (Å²) in [6.45, 7) is 4.02. The smallest absolute Gasteiger partial charge is 0.416 e. The zero-order valence-electron chi connectivity index (χ0n) is 21.3. The van der Waals surface area contributed by atoms with E-state index in [9.17, 15) is 18.0 Å². The molecule has 0 unspecified atom stereocenters. The number of ether oxygens (including phenoxy) is 3. The summed E-state index contributed by atoms with van der Waals surface area (Å²) in [5.74, 6) is 1.48. The number of carbonyl (C=O) groups is 1. The third-order valence-electron chi connectivity index (χ3n) is 5.52. The van der Waals surface area contributed by atoms with Crippen molar-refractivity contribution in [2.24, 2.45) is 0 Å². The Morgan fingerprint density at radius 2 is 1.74 bits per heavy atom. The highest BCUT2D eigenvalue weighted by molar-refractivity contribution is 7.98. The van der Waals surface area contributed by atoms with Gasteiger partial charge in [-0.3, -0.25) is 0 Å². The maximum atomic E-state index is 13.0. The van der Waals surface area contributed by atoms with Crippen LogP contribution in [0.3, 0.4) is 0 Å². The van der Waals surface area contributed by atoms with Gasteiger partial charge in [0.05, 0.1) is 17.9 Å². The number of thiazole rings is 1. The Bertz CT molecular complexity index is 1390. The zero-order chi connectivity index (χ0) is 27.8. The van der Waals surface area contributed by atoms with Gasteiger partial charge in [0.25, 0.3) is 0 Å². The number of rotatable bonds is 11. The first kappa shape index (κ1) is 28.5. The van der Waals surface area contributed by atoms with Crippen LogP contribution in [-0.4, -0.2) is 24.2 Å². The lowest BCUT2D eigenvalue weighted by Crippen LogP contribution is -2.14. The molecule has 39 heavy (non-hydrogen) atoms. The standard InChI is InChI=1S/C29H26F3NO4S2/c1-3-35-27(34)17-37-25-14-13-23(15-19(25)2)38-18-26-24(16-36-22-7-5-4-6-8-22)33-28(39-26)20-9-11-21(12-10-20)29(30,31)32/h4-15H,3,16-18H2,1-2H3. The van der Waals surface area contributed by atoms with Crippen LogP contribution in [0.4, 0.5) is 13.2 Å². The Morgan fingerprint density at radius 3 is 2.41 bits per heavy atom. The van der Waals surface area contributed by atoms with E-state index in [1.807, 2.05) is 55.5 Å². The van der Waals surface area contributed by atoms with Gasteiger partial charge in [0.2, 0.25) is 0 Å². The molecule has 0 spiro atoms. The molecule has 0 aliphatic carbocycles. The Balaban J connectivity index is 1.50. The van der Waals surface area contributed by atoms with E-state index >= 15 is 0 Å². The van der Waals surface area contributed by atoms with Crippen molar-refractivity contribution in [3.8, 4) is 22.1 Å². The molecule has 0 amide bonds. The molecule has 3 aromatic carbocycles. The number of aryl methyl sites for hydroxylation is 1. The van der Waals surface area contributed by atoms with E-state index in [-0.39, 0.29) is 13.2 Å². The lowest BCUT2D eigenvalue weighted by atomic mass is 10.1. The van der Waals surface area contributed by atoms with Gasteiger partial charge in [-0.25, -0.2) is 9.78 Å². The van der Waals surface area contributed by atoms with Gasteiger partial charge < -0.3 is 14.2 Å². The number of esters is 1. The number of benzene rings is 3. The molecule has 4 aromatic rings. The lowest BCUT2D eigenvalue weighted by molar-refractivity contribution is -0.145. The van der Waals surface area contributed by atoms with E-state index in [4.69, 9.17) is 19.2 Å². The molecule has 5 nitrogen and oxygen atoms in total. The van der Waals surface area contributed by atoms with Gasteiger partial charge in [0.1, 0.15) is 23.1 Å². The van der Waals surface area contributed by atoms with E-state index < -0.39 is 17.7 Å². The van der Waals surface area contributed by atoms with E-state index in [0.29, 0.717) is 34.4 Å². The zero-order valence-corrected chi connectivity index (χ0v) is 22.9. The summed E-state index contributed by atoms with van der Waals surface area (Å²) in [5.41, 5.74) is 1.53. The Labute approximate surface area is 233 Å². The number of aromatic nitrogens is 1. The molecular weight excluding hydrogens is 547 g/mol. The van der Waals surface area contributed by atoms with Crippen LogP contribution in [0.2, 0.25) is 0 Å². The van der Waals surface area contributed by atoms with Crippen LogP contribution in [0, 0.1) is 6.92 Å². The number of hydrogen-bond donors (Lipinski definition) is 0. The van der Waals surface area contributed by atoms with Crippen molar-refractivity contribution in [1.29, 1.82) is 0 Å². The van der Waals surface area contributed by atoms with E-state index in [1.54, 1.807) is 18.7 Å². The van der Waals surface area contributed by atoms with Gasteiger partial charge >= 0.3 is 12.1 Å². The number of para-hydroxylation sites is 1. The Morgan fingerprint density at radius 1 is 1.00 bits per heavy atom. The van der Waals surface area contributed by atoms with Crippen molar-refractivity contribution in [2.45, 2.75) is 37.3 Å². The van der Waals surface area contributed by atoms with E-state index in [0.717, 1.165) is 33.2 Å². The van der Waals surface area contributed by atoms with Crippen molar-refractivity contribution < 1.29 is 32.2 Å². The van der Waals surface area contributed by atoms with Crippen LogP contribution in [0.5, 0.6) is 11.5 Å². The summed E-state index contributed by atoms with van der Waals surface area (Å²) < 4.78 is 55.4. The Kier molecular flexibility index (Phi) is 9.53. The molecular formula is C29H26F3NO4S2. The molecule has 0 fully saturated rings. The fourth-order valence-electron chi connectivity index (χ4n) is 3.56.